The van der Waals surface area contributed by atoms with Gasteiger partial charge in [0.25, 0.3) is 0 Å². The zero-order valence-corrected chi connectivity index (χ0v) is 20.0. The van der Waals surface area contributed by atoms with E-state index < -0.39 is 0 Å². The van der Waals surface area contributed by atoms with Crippen LogP contribution in [-0.4, -0.2) is 43.6 Å². The Labute approximate surface area is 190 Å². The zero-order valence-electron chi connectivity index (χ0n) is 17.7. The minimum absolute atomic E-state index is 0. The molecule has 0 aromatic heterocycles. The Morgan fingerprint density at radius 1 is 1.24 bits per heavy atom. The summed E-state index contributed by atoms with van der Waals surface area (Å²) < 4.78 is 18.7. The standard InChI is InChI=1S/C21H33FN4O2.HI/c1-14(2)25-20(27)16-6-5-7-18(12-16)26-21(23-4)24-13-15(3)28-19-10-8-17(22)9-11-19;/h8-11,14-16,18H,5-7,12-13H2,1-4H3,(H,25,27)(H2,23,24,26);1H. The molecule has 0 heterocycles. The summed E-state index contributed by atoms with van der Waals surface area (Å²) in [6, 6.07) is 6.37. The van der Waals surface area contributed by atoms with Gasteiger partial charge in [0.1, 0.15) is 17.7 Å². The molecule has 1 fully saturated rings. The van der Waals surface area contributed by atoms with Gasteiger partial charge in [0, 0.05) is 25.0 Å². The Hall–Kier alpha value is -1.58. The number of carbonyl (C=O) groups excluding carboxylic acids is 1. The topological polar surface area (TPSA) is 74.8 Å². The van der Waals surface area contributed by atoms with Crippen molar-refractivity contribution in [2.24, 2.45) is 10.9 Å². The van der Waals surface area contributed by atoms with Gasteiger partial charge in [0.05, 0.1) is 6.54 Å². The molecule has 0 bridgehead atoms. The van der Waals surface area contributed by atoms with E-state index in [9.17, 15) is 9.18 Å². The van der Waals surface area contributed by atoms with Gasteiger partial charge in [-0.2, -0.15) is 0 Å². The maximum atomic E-state index is 13.0. The summed E-state index contributed by atoms with van der Waals surface area (Å²) in [5.41, 5.74) is 0. The molecule has 1 amide bonds. The number of amides is 1. The molecule has 1 aliphatic carbocycles. The number of ether oxygens (including phenoxy) is 1. The highest BCUT2D eigenvalue weighted by Crippen LogP contribution is 2.24. The lowest BCUT2D eigenvalue weighted by atomic mass is 9.85. The minimum atomic E-state index is -0.282. The Morgan fingerprint density at radius 3 is 2.55 bits per heavy atom. The van der Waals surface area contributed by atoms with Crippen molar-refractivity contribution in [1.82, 2.24) is 16.0 Å². The molecule has 0 radical (unpaired) electrons. The number of guanidine groups is 1. The van der Waals surface area contributed by atoms with E-state index in [1.807, 2.05) is 20.8 Å². The van der Waals surface area contributed by atoms with E-state index >= 15 is 0 Å². The second-order valence-electron chi connectivity index (χ2n) is 7.70. The predicted octanol–water partition coefficient (Wildman–Crippen LogP) is 3.46. The van der Waals surface area contributed by atoms with Crippen molar-refractivity contribution < 1.29 is 13.9 Å². The van der Waals surface area contributed by atoms with Crippen molar-refractivity contribution in [1.29, 1.82) is 0 Å². The third-order valence-corrected chi connectivity index (χ3v) is 4.75. The molecule has 8 heteroatoms. The van der Waals surface area contributed by atoms with Crippen LogP contribution >= 0.6 is 24.0 Å². The largest absolute Gasteiger partial charge is 0.489 e. The maximum Gasteiger partial charge on any atom is 0.223 e. The monoisotopic (exact) mass is 520 g/mol. The molecule has 1 aromatic carbocycles. The van der Waals surface area contributed by atoms with E-state index in [2.05, 4.69) is 20.9 Å². The van der Waals surface area contributed by atoms with E-state index in [-0.39, 0.29) is 59.8 Å². The van der Waals surface area contributed by atoms with E-state index in [0.717, 1.165) is 25.7 Å². The molecule has 3 N–H and O–H groups in total. The molecule has 1 aromatic rings. The summed E-state index contributed by atoms with van der Waals surface area (Å²) in [5.74, 6) is 1.24. The van der Waals surface area contributed by atoms with Crippen molar-refractivity contribution >= 4 is 35.8 Å². The van der Waals surface area contributed by atoms with Gasteiger partial charge in [-0.25, -0.2) is 4.39 Å². The van der Waals surface area contributed by atoms with Crippen LogP contribution < -0.4 is 20.7 Å². The summed E-state index contributed by atoms with van der Waals surface area (Å²) in [7, 11) is 1.73. The predicted molar refractivity (Wildman–Crippen MR) is 125 cm³/mol. The first kappa shape index (κ1) is 25.5. The fraction of sp³-hybridized carbons (Fsp3) is 0.619. The van der Waals surface area contributed by atoms with E-state index in [1.165, 1.54) is 12.1 Å². The SMILES string of the molecule is CN=C(NCC(C)Oc1ccc(F)cc1)NC1CCCC(C(=O)NC(C)C)C1.I. The van der Waals surface area contributed by atoms with E-state index in [4.69, 9.17) is 4.74 Å². The maximum absolute atomic E-state index is 13.0. The van der Waals surface area contributed by atoms with Gasteiger partial charge < -0.3 is 20.7 Å². The van der Waals surface area contributed by atoms with Gasteiger partial charge in [0.2, 0.25) is 5.91 Å². The molecule has 2 rings (SSSR count). The first-order chi connectivity index (χ1) is 13.4. The zero-order chi connectivity index (χ0) is 20.5. The quantitative estimate of drug-likeness (QED) is 0.293. The van der Waals surface area contributed by atoms with Gasteiger partial charge in [-0.3, -0.25) is 9.79 Å². The smallest absolute Gasteiger partial charge is 0.223 e. The van der Waals surface area contributed by atoms with Crippen molar-refractivity contribution in [3.8, 4) is 5.75 Å². The lowest BCUT2D eigenvalue weighted by molar-refractivity contribution is -0.126. The third-order valence-electron chi connectivity index (χ3n) is 4.75. The van der Waals surface area contributed by atoms with Crippen LogP contribution in [0.3, 0.4) is 0 Å². The summed E-state index contributed by atoms with van der Waals surface area (Å²) in [6.45, 7) is 6.46. The number of nitrogens with zero attached hydrogens (tertiary/aromatic N) is 1. The number of hydrogen-bond donors (Lipinski definition) is 3. The van der Waals surface area contributed by atoms with Gasteiger partial charge in [0.15, 0.2) is 5.96 Å². The minimum Gasteiger partial charge on any atom is -0.489 e. The van der Waals surface area contributed by atoms with Crippen molar-refractivity contribution in [2.75, 3.05) is 13.6 Å². The number of rotatable bonds is 7. The second kappa shape index (κ2) is 12.9. The van der Waals surface area contributed by atoms with Gasteiger partial charge in [-0.05, 0) is 64.3 Å². The normalized spacial score (nSPS) is 20.4. The first-order valence-electron chi connectivity index (χ1n) is 10.1. The number of benzene rings is 1. The molecular formula is C21H34FIN4O2. The third kappa shape index (κ3) is 9.18. The molecule has 0 saturated heterocycles. The number of nitrogens with one attached hydrogen (secondary N) is 3. The summed E-state index contributed by atoms with van der Waals surface area (Å²) in [5, 5.41) is 9.70. The van der Waals surface area contributed by atoms with Crippen LogP contribution in [0.2, 0.25) is 0 Å². The molecule has 3 unspecified atom stereocenters. The highest BCUT2D eigenvalue weighted by atomic mass is 127. The molecule has 164 valence electrons. The molecule has 1 saturated carbocycles. The van der Waals surface area contributed by atoms with Crippen LogP contribution in [0, 0.1) is 11.7 Å². The van der Waals surface area contributed by atoms with Crippen LogP contribution in [0.4, 0.5) is 4.39 Å². The molecule has 1 aliphatic rings. The summed E-state index contributed by atoms with van der Waals surface area (Å²) >= 11 is 0. The Morgan fingerprint density at radius 2 is 1.93 bits per heavy atom. The van der Waals surface area contributed by atoms with Crippen molar-refractivity contribution in [2.45, 2.75) is 64.6 Å². The average Bonchev–Trinajstić information content (AvgIpc) is 2.66. The molecular weight excluding hydrogens is 486 g/mol. The molecule has 6 nitrogen and oxygen atoms in total. The number of hydrogen-bond acceptors (Lipinski definition) is 3. The second-order valence-corrected chi connectivity index (χ2v) is 7.70. The fourth-order valence-corrected chi connectivity index (χ4v) is 3.38. The molecule has 0 aliphatic heterocycles. The highest BCUT2D eigenvalue weighted by Gasteiger charge is 2.28. The Kier molecular flexibility index (Phi) is 11.3. The Balaban J connectivity index is 0.00000420. The lowest BCUT2D eigenvalue weighted by Crippen LogP contribution is -2.49. The number of aliphatic imine (C=N–C) groups is 1. The van der Waals surface area contributed by atoms with Crippen LogP contribution in [0.15, 0.2) is 29.3 Å². The van der Waals surface area contributed by atoms with Crippen LogP contribution in [0.1, 0.15) is 46.5 Å². The molecule has 3 atom stereocenters. The number of carbonyl (C=O) groups is 1. The molecule has 29 heavy (non-hydrogen) atoms. The average molecular weight is 520 g/mol. The van der Waals surface area contributed by atoms with Crippen molar-refractivity contribution in [3.63, 3.8) is 0 Å². The lowest BCUT2D eigenvalue weighted by Gasteiger charge is -2.30. The van der Waals surface area contributed by atoms with Crippen LogP contribution in [0.25, 0.3) is 0 Å². The summed E-state index contributed by atoms with van der Waals surface area (Å²) in [6.07, 6.45) is 3.68. The van der Waals surface area contributed by atoms with Crippen LogP contribution in [0.5, 0.6) is 5.75 Å². The van der Waals surface area contributed by atoms with Gasteiger partial charge in [-0.15, -0.1) is 24.0 Å². The highest BCUT2D eigenvalue weighted by molar-refractivity contribution is 14.0. The molecule has 0 spiro atoms. The Bertz CT molecular complexity index is 655. The first-order valence-corrected chi connectivity index (χ1v) is 10.1. The fourth-order valence-electron chi connectivity index (χ4n) is 3.38. The van der Waals surface area contributed by atoms with Crippen LogP contribution in [-0.2, 0) is 4.79 Å². The van der Waals surface area contributed by atoms with Crippen molar-refractivity contribution in [3.05, 3.63) is 30.1 Å². The van der Waals surface area contributed by atoms with E-state index in [1.54, 1.807) is 19.2 Å². The van der Waals surface area contributed by atoms with E-state index in [0.29, 0.717) is 18.3 Å². The summed E-state index contributed by atoms with van der Waals surface area (Å²) in [4.78, 5) is 16.6. The number of halogens is 2. The van der Waals surface area contributed by atoms with Gasteiger partial charge in [-0.1, -0.05) is 6.42 Å². The van der Waals surface area contributed by atoms with Gasteiger partial charge >= 0.3 is 0 Å².